The molecule has 0 aliphatic rings. The van der Waals surface area contributed by atoms with Crippen LogP contribution >= 0.6 is 22.7 Å². The van der Waals surface area contributed by atoms with Crippen molar-refractivity contribution in [1.82, 2.24) is 9.97 Å². The van der Waals surface area contributed by atoms with Crippen LogP contribution in [-0.2, 0) is 0 Å². The Labute approximate surface area is 106 Å². The van der Waals surface area contributed by atoms with Gasteiger partial charge in [-0.25, -0.2) is 14.8 Å². The molecule has 2 N–H and O–H groups in total. The summed E-state index contributed by atoms with van der Waals surface area (Å²) in [5.74, 6) is -1.02. The van der Waals surface area contributed by atoms with Crippen molar-refractivity contribution in [3.63, 3.8) is 0 Å². The first kappa shape index (κ1) is 12.0. The quantitative estimate of drug-likeness (QED) is 0.892. The fourth-order valence-electron chi connectivity index (χ4n) is 1.33. The molecule has 5 nitrogen and oxygen atoms in total. The van der Waals surface area contributed by atoms with Crippen LogP contribution in [0.5, 0.6) is 0 Å². The second-order valence-electron chi connectivity index (χ2n) is 3.53. The number of thiazole rings is 2. The molecule has 0 aliphatic carbocycles. The third-order valence-electron chi connectivity index (χ3n) is 2.12. The predicted octanol–water partition coefficient (Wildman–Crippen LogP) is 2.78. The van der Waals surface area contributed by atoms with Gasteiger partial charge in [-0.15, -0.1) is 22.7 Å². The van der Waals surface area contributed by atoms with Gasteiger partial charge in [0.25, 0.3) is 0 Å². The van der Waals surface area contributed by atoms with Crippen LogP contribution in [0, 0.1) is 6.92 Å². The molecule has 0 bridgehead atoms. The Morgan fingerprint density at radius 1 is 1.53 bits per heavy atom. The molecular weight excluding hydrogens is 258 g/mol. The number of hydrogen-bond donors (Lipinski definition) is 2. The van der Waals surface area contributed by atoms with Crippen molar-refractivity contribution in [3.05, 3.63) is 27.3 Å². The summed E-state index contributed by atoms with van der Waals surface area (Å²) in [6.07, 6.45) is 0. The van der Waals surface area contributed by atoms with Crippen LogP contribution in [0.25, 0.3) is 0 Å². The zero-order valence-electron chi connectivity index (χ0n) is 9.30. The minimum Gasteiger partial charge on any atom is -0.476 e. The van der Waals surface area contributed by atoms with Crippen molar-refractivity contribution in [2.75, 3.05) is 5.32 Å². The number of hydrogen-bond acceptors (Lipinski definition) is 6. The number of anilines is 1. The Balaban J connectivity index is 2.15. The van der Waals surface area contributed by atoms with Crippen molar-refractivity contribution in [2.24, 2.45) is 0 Å². The lowest BCUT2D eigenvalue weighted by Gasteiger charge is -2.10. The van der Waals surface area contributed by atoms with Gasteiger partial charge in [0.1, 0.15) is 10.0 Å². The molecule has 17 heavy (non-hydrogen) atoms. The van der Waals surface area contributed by atoms with E-state index >= 15 is 0 Å². The van der Waals surface area contributed by atoms with Crippen LogP contribution in [0.1, 0.15) is 34.2 Å². The van der Waals surface area contributed by atoms with Crippen molar-refractivity contribution < 1.29 is 9.90 Å². The van der Waals surface area contributed by atoms with Gasteiger partial charge in [0.05, 0.1) is 11.6 Å². The summed E-state index contributed by atoms with van der Waals surface area (Å²) in [5, 5.41) is 15.5. The lowest BCUT2D eigenvalue weighted by atomic mass is 10.3. The Morgan fingerprint density at radius 3 is 2.88 bits per heavy atom. The molecule has 0 fully saturated rings. The number of carbonyl (C=O) groups is 1. The first-order valence-electron chi connectivity index (χ1n) is 4.93. The maximum atomic E-state index is 10.9. The number of nitrogens with one attached hydrogen (secondary N) is 1. The standard InChI is InChI=1S/C10H11N3O2S2/c1-5-3-16-8(12-5)6(2)13-9-7(10(14)15)11-4-17-9/h3-4,6,13H,1-2H3,(H,14,15). The molecule has 0 saturated heterocycles. The van der Waals surface area contributed by atoms with Gasteiger partial charge in [-0.3, -0.25) is 0 Å². The molecule has 0 saturated carbocycles. The Morgan fingerprint density at radius 2 is 2.29 bits per heavy atom. The van der Waals surface area contributed by atoms with Crippen LogP contribution in [0.3, 0.4) is 0 Å². The number of aryl methyl sites for hydroxylation is 1. The van der Waals surface area contributed by atoms with E-state index < -0.39 is 5.97 Å². The highest BCUT2D eigenvalue weighted by Gasteiger charge is 2.17. The topological polar surface area (TPSA) is 75.1 Å². The normalized spacial score (nSPS) is 12.4. The van der Waals surface area contributed by atoms with E-state index in [0.29, 0.717) is 5.00 Å². The van der Waals surface area contributed by atoms with Crippen molar-refractivity contribution >= 4 is 33.6 Å². The second kappa shape index (κ2) is 4.80. The van der Waals surface area contributed by atoms with E-state index in [-0.39, 0.29) is 11.7 Å². The third kappa shape index (κ3) is 2.62. The molecule has 1 unspecified atom stereocenters. The lowest BCUT2D eigenvalue weighted by Crippen LogP contribution is -2.09. The van der Waals surface area contributed by atoms with Crippen LogP contribution < -0.4 is 5.32 Å². The number of carboxylic acids is 1. The average molecular weight is 269 g/mol. The molecule has 90 valence electrons. The number of carboxylic acid groups (broad SMARTS) is 1. The summed E-state index contributed by atoms with van der Waals surface area (Å²) >= 11 is 2.84. The molecule has 2 heterocycles. The van der Waals surface area contributed by atoms with Gasteiger partial charge in [0.2, 0.25) is 0 Å². The van der Waals surface area contributed by atoms with Gasteiger partial charge in [0.15, 0.2) is 5.69 Å². The molecule has 2 aromatic heterocycles. The maximum Gasteiger partial charge on any atom is 0.357 e. The highest BCUT2D eigenvalue weighted by atomic mass is 32.1. The van der Waals surface area contributed by atoms with Crippen LogP contribution in [0.15, 0.2) is 10.9 Å². The zero-order valence-corrected chi connectivity index (χ0v) is 10.9. The van der Waals surface area contributed by atoms with E-state index in [1.807, 2.05) is 19.2 Å². The molecule has 0 amide bonds. The van der Waals surface area contributed by atoms with E-state index in [4.69, 9.17) is 5.11 Å². The summed E-state index contributed by atoms with van der Waals surface area (Å²) in [5.41, 5.74) is 2.56. The van der Waals surface area contributed by atoms with Gasteiger partial charge in [-0.05, 0) is 13.8 Å². The number of aromatic carboxylic acids is 1. The van der Waals surface area contributed by atoms with Crippen molar-refractivity contribution in [1.29, 1.82) is 0 Å². The number of aromatic nitrogens is 2. The molecule has 2 rings (SSSR count). The SMILES string of the molecule is Cc1csc(C(C)Nc2scnc2C(=O)O)n1. The summed E-state index contributed by atoms with van der Waals surface area (Å²) in [6, 6.07) is -0.0211. The molecule has 0 spiro atoms. The van der Waals surface area contributed by atoms with E-state index in [2.05, 4.69) is 15.3 Å². The highest BCUT2D eigenvalue weighted by Crippen LogP contribution is 2.27. The minimum atomic E-state index is -1.02. The summed E-state index contributed by atoms with van der Waals surface area (Å²) in [4.78, 5) is 19.1. The van der Waals surface area contributed by atoms with Crippen LogP contribution in [-0.4, -0.2) is 21.0 Å². The largest absolute Gasteiger partial charge is 0.476 e. The van der Waals surface area contributed by atoms with Gasteiger partial charge in [-0.2, -0.15) is 0 Å². The number of nitrogens with zero attached hydrogens (tertiary/aromatic N) is 2. The first-order valence-corrected chi connectivity index (χ1v) is 6.69. The van der Waals surface area contributed by atoms with E-state index in [9.17, 15) is 4.79 Å². The monoisotopic (exact) mass is 269 g/mol. The molecule has 2 aromatic rings. The van der Waals surface area contributed by atoms with Crippen molar-refractivity contribution in [2.45, 2.75) is 19.9 Å². The molecule has 0 aromatic carbocycles. The summed E-state index contributed by atoms with van der Waals surface area (Å²) < 4.78 is 0. The first-order chi connectivity index (χ1) is 8.08. The third-order valence-corrected chi connectivity index (χ3v) is 4.03. The van der Waals surface area contributed by atoms with Crippen LogP contribution in [0.2, 0.25) is 0 Å². The zero-order chi connectivity index (χ0) is 12.4. The Kier molecular flexibility index (Phi) is 3.39. The minimum absolute atomic E-state index is 0.0211. The lowest BCUT2D eigenvalue weighted by molar-refractivity contribution is 0.0692. The van der Waals surface area contributed by atoms with Crippen LogP contribution in [0.4, 0.5) is 5.00 Å². The maximum absolute atomic E-state index is 10.9. The van der Waals surface area contributed by atoms with Gasteiger partial charge >= 0.3 is 5.97 Å². The van der Waals surface area contributed by atoms with E-state index in [0.717, 1.165) is 10.7 Å². The highest BCUT2D eigenvalue weighted by molar-refractivity contribution is 7.14. The van der Waals surface area contributed by atoms with E-state index in [1.165, 1.54) is 16.8 Å². The second-order valence-corrected chi connectivity index (χ2v) is 5.27. The van der Waals surface area contributed by atoms with Gasteiger partial charge in [-0.1, -0.05) is 0 Å². The summed E-state index contributed by atoms with van der Waals surface area (Å²) in [7, 11) is 0. The Bertz CT molecular complexity index is 535. The predicted molar refractivity (Wildman–Crippen MR) is 68.0 cm³/mol. The van der Waals surface area contributed by atoms with Crippen molar-refractivity contribution in [3.8, 4) is 0 Å². The molecule has 0 aliphatic heterocycles. The average Bonchev–Trinajstić information content (AvgIpc) is 2.86. The molecule has 0 radical (unpaired) electrons. The smallest absolute Gasteiger partial charge is 0.357 e. The molecule has 1 atom stereocenters. The van der Waals surface area contributed by atoms with Gasteiger partial charge < -0.3 is 10.4 Å². The Hall–Kier alpha value is -1.47. The molecule has 7 heteroatoms. The fourth-order valence-corrected chi connectivity index (χ4v) is 2.89. The summed E-state index contributed by atoms with van der Waals surface area (Å²) in [6.45, 7) is 3.88. The number of rotatable bonds is 4. The van der Waals surface area contributed by atoms with Gasteiger partial charge in [0, 0.05) is 11.1 Å². The fraction of sp³-hybridized carbons (Fsp3) is 0.300. The molecular formula is C10H11N3O2S2. The van der Waals surface area contributed by atoms with E-state index in [1.54, 1.807) is 11.3 Å².